The number of ether oxygens (including phenoxy) is 11. The first-order chi connectivity index (χ1) is 29.5. The SMILES string of the molecule is CC[C@H](C)[C@H]1O[C@]2(C=C[C@@H]1C)C[C@@H]1C[C@@H](C/C=C(\C)[C@@H](OC3C[C@H](OC)[C@@H](OC4C[C@H](OC)[C@@H](O)[C@H](C)O4)[C@H](C)O3)[C@@H](C)/C=C/C=C3\CO[C@@]45O[C@@H]4C(C)=C[C@@H](C(=O)O1)[C@@]35C)O2. The van der Waals surface area contributed by atoms with Crippen LogP contribution in [-0.4, -0.2) is 123 Å². The molecule has 1 N–H and O–H groups in total. The summed E-state index contributed by atoms with van der Waals surface area (Å²) in [5.41, 5.74) is 2.23. The van der Waals surface area contributed by atoms with Crippen molar-refractivity contribution in [3.63, 3.8) is 0 Å². The van der Waals surface area contributed by atoms with Gasteiger partial charge in [0.2, 0.25) is 5.79 Å². The topological polar surface area (TPSA) is 142 Å². The average molecular weight is 869 g/mol. The lowest BCUT2D eigenvalue weighted by Crippen LogP contribution is -2.55. The predicted octanol–water partition coefficient (Wildman–Crippen LogP) is 7.02. The molecule has 0 aromatic heterocycles. The molecule has 13 nitrogen and oxygen atoms in total. The first kappa shape index (κ1) is 46.3. The zero-order chi connectivity index (χ0) is 44.3. The number of carbonyl (C=O) groups excluding carboxylic acids is 1. The van der Waals surface area contributed by atoms with E-state index in [1.807, 2.05) is 26.8 Å². The summed E-state index contributed by atoms with van der Waals surface area (Å²) in [6.45, 7) is 19.1. The van der Waals surface area contributed by atoms with Crippen LogP contribution in [0.15, 0.2) is 59.3 Å². The van der Waals surface area contributed by atoms with Crippen molar-refractivity contribution in [3.05, 3.63) is 59.3 Å². The molecule has 13 heteroatoms. The first-order valence-corrected chi connectivity index (χ1v) is 23.2. The highest BCUT2D eigenvalue weighted by molar-refractivity contribution is 5.78. The summed E-state index contributed by atoms with van der Waals surface area (Å²) in [6.07, 6.45) is 12.7. The van der Waals surface area contributed by atoms with Crippen LogP contribution in [0.25, 0.3) is 0 Å². The van der Waals surface area contributed by atoms with E-state index in [1.165, 1.54) is 0 Å². The number of aliphatic hydroxyl groups excluding tert-OH is 1. The van der Waals surface area contributed by atoms with Gasteiger partial charge < -0.3 is 57.2 Å². The van der Waals surface area contributed by atoms with Crippen molar-refractivity contribution in [3.8, 4) is 0 Å². The number of epoxide rings is 1. The minimum Gasteiger partial charge on any atom is -0.462 e. The van der Waals surface area contributed by atoms with Crippen molar-refractivity contribution in [2.45, 2.75) is 192 Å². The van der Waals surface area contributed by atoms with Crippen molar-refractivity contribution >= 4 is 5.97 Å². The Morgan fingerprint density at radius 2 is 1.61 bits per heavy atom. The van der Waals surface area contributed by atoms with E-state index < -0.39 is 72.1 Å². The van der Waals surface area contributed by atoms with Gasteiger partial charge in [-0.25, -0.2) is 0 Å². The van der Waals surface area contributed by atoms with E-state index in [0.29, 0.717) is 44.6 Å². The maximum Gasteiger partial charge on any atom is 0.314 e. The van der Waals surface area contributed by atoms with Gasteiger partial charge in [0.1, 0.15) is 24.4 Å². The normalized spacial score (nSPS) is 50.8. The molecule has 7 aliphatic heterocycles. The van der Waals surface area contributed by atoms with E-state index in [-0.39, 0.29) is 48.3 Å². The molecule has 8 rings (SSSR count). The van der Waals surface area contributed by atoms with Gasteiger partial charge in [-0.2, -0.15) is 0 Å². The summed E-state index contributed by atoms with van der Waals surface area (Å²) in [5, 5.41) is 10.5. The van der Waals surface area contributed by atoms with Gasteiger partial charge in [0.05, 0.1) is 60.7 Å². The average Bonchev–Trinajstić information content (AvgIpc) is 3.94. The number of hydrogen-bond acceptors (Lipinski definition) is 13. The molecule has 5 saturated heterocycles. The number of fused-ring (bicyclic) bond motifs is 2. The largest absolute Gasteiger partial charge is 0.462 e. The molecule has 1 aliphatic carbocycles. The number of esters is 1. The van der Waals surface area contributed by atoms with Crippen LogP contribution in [0, 0.1) is 29.1 Å². The van der Waals surface area contributed by atoms with E-state index >= 15 is 0 Å². The summed E-state index contributed by atoms with van der Waals surface area (Å²) >= 11 is 0. The molecule has 346 valence electrons. The zero-order valence-electron chi connectivity index (χ0n) is 38.7. The molecule has 5 fully saturated rings. The van der Waals surface area contributed by atoms with Gasteiger partial charge in [0.25, 0.3) is 0 Å². The number of carbonyl (C=O) groups is 1. The first-order valence-electron chi connectivity index (χ1n) is 23.2. The van der Waals surface area contributed by atoms with Crippen LogP contribution in [-0.2, 0) is 56.9 Å². The van der Waals surface area contributed by atoms with Crippen molar-refractivity contribution in [2.24, 2.45) is 29.1 Å². The Labute approximate surface area is 368 Å². The predicted molar refractivity (Wildman–Crippen MR) is 228 cm³/mol. The number of methoxy groups -OCH3 is 2. The van der Waals surface area contributed by atoms with Gasteiger partial charge in [0, 0.05) is 51.7 Å². The van der Waals surface area contributed by atoms with Crippen LogP contribution >= 0.6 is 0 Å². The second kappa shape index (κ2) is 18.2. The molecule has 0 radical (unpaired) electrons. The Morgan fingerprint density at radius 3 is 2.35 bits per heavy atom. The third-order valence-corrected chi connectivity index (χ3v) is 15.4. The lowest BCUT2D eigenvalue weighted by atomic mass is 9.64. The maximum absolute atomic E-state index is 14.6. The van der Waals surface area contributed by atoms with Crippen LogP contribution < -0.4 is 0 Å². The van der Waals surface area contributed by atoms with Crippen molar-refractivity contribution in [1.29, 1.82) is 0 Å². The third kappa shape index (κ3) is 8.51. The second-order valence-electron chi connectivity index (χ2n) is 19.6. The van der Waals surface area contributed by atoms with Crippen LogP contribution in [0.1, 0.15) is 101 Å². The summed E-state index contributed by atoms with van der Waals surface area (Å²) < 4.78 is 71.0. The number of hydrogen-bond donors (Lipinski definition) is 1. The van der Waals surface area contributed by atoms with Crippen LogP contribution in [0.4, 0.5) is 0 Å². The monoisotopic (exact) mass is 868 g/mol. The number of rotatable bonds is 8. The molecule has 0 aromatic rings. The van der Waals surface area contributed by atoms with E-state index in [2.05, 4.69) is 78.0 Å². The smallest absolute Gasteiger partial charge is 0.314 e. The highest BCUT2D eigenvalue weighted by Gasteiger charge is 2.78. The minimum absolute atomic E-state index is 0.0385. The number of aliphatic hydroxyl groups is 1. The van der Waals surface area contributed by atoms with E-state index in [4.69, 9.17) is 52.1 Å². The molecule has 0 saturated carbocycles. The van der Waals surface area contributed by atoms with Gasteiger partial charge in [-0.05, 0) is 69.8 Å². The summed E-state index contributed by atoms with van der Waals surface area (Å²) in [5.74, 6) is -2.38. The Hall–Kier alpha value is -2.27. The number of allylic oxidation sites excluding steroid dienone is 2. The highest BCUT2D eigenvalue weighted by atomic mass is 16.8. The maximum atomic E-state index is 14.6. The van der Waals surface area contributed by atoms with E-state index in [9.17, 15) is 9.90 Å². The fourth-order valence-electron chi connectivity index (χ4n) is 11.3. The quantitative estimate of drug-likeness (QED) is 0.152. The molecule has 2 bridgehead atoms. The fourth-order valence-corrected chi connectivity index (χ4v) is 11.3. The molecular weight excluding hydrogens is 797 g/mol. The van der Waals surface area contributed by atoms with Crippen molar-refractivity contribution in [2.75, 3.05) is 20.8 Å². The molecular formula is C49H72O13. The Bertz CT molecular complexity index is 1790. The highest BCUT2D eigenvalue weighted by Crippen LogP contribution is 2.67. The Morgan fingerprint density at radius 1 is 0.887 bits per heavy atom. The molecule has 2 spiro atoms. The Kier molecular flexibility index (Phi) is 13.6. The standard InChI is InChI=1S/C49H72O13/c1-12-26(2)43-29(5)18-19-48(61-43)24-35-21-34(60-48)17-16-28(4)42(58-40-23-38(53-11)44(32(8)56-40)59-39-22-37(52-10)41(50)31(7)55-39)27(3)14-13-15-33-25-54-49-45(62-49)30(6)20-36(46(51)57-35)47(33,49)9/h13-16,18-20,26-27,29,31-32,34-45,50H,12,17,21-25H2,1-11H3/b14-13+,28-16+,33-15+/t26-,27-,29-,31-,32-,34+,35-,36-,37-,38-,39?,40?,41-,42-,43+,44-,45+,47+,48+,49+/m0/s1. The zero-order valence-corrected chi connectivity index (χ0v) is 38.7. The molecule has 62 heavy (non-hydrogen) atoms. The molecule has 0 aromatic carbocycles. The van der Waals surface area contributed by atoms with Gasteiger partial charge in [-0.3, -0.25) is 4.79 Å². The lowest BCUT2D eigenvalue weighted by Gasteiger charge is -2.48. The second-order valence-corrected chi connectivity index (χ2v) is 19.6. The summed E-state index contributed by atoms with van der Waals surface area (Å²) in [7, 11) is 3.27. The van der Waals surface area contributed by atoms with Gasteiger partial charge in [-0.1, -0.05) is 70.6 Å². The van der Waals surface area contributed by atoms with E-state index in [0.717, 1.165) is 23.1 Å². The van der Waals surface area contributed by atoms with E-state index in [1.54, 1.807) is 14.2 Å². The van der Waals surface area contributed by atoms with Crippen LogP contribution in [0.2, 0.25) is 0 Å². The molecule has 8 aliphatic rings. The van der Waals surface area contributed by atoms with Crippen molar-refractivity contribution < 1.29 is 62.0 Å². The van der Waals surface area contributed by atoms with Gasteiger partial charge in [0.15, 0.2) is 18.4 Å². The van der Waals surface area contributed by atoms with Crippen LogP contribution in [0.3, 0.4) is 0 Å². The summed E-state index contributed by atoms with van der Waals surface area (Å²) in [6, 6.07) is 0. The summed E-state index contributed by atoms with van der Waals surface area (Å²) in [4.78, 5) is 14.6. The van der Waals surface area contributed by atoms with Crippen molar-refractivity contribution in [1.82, 2.24) is 0 Å². The molecule has 20 atom stereocenters. The Balaban J connectivity index is 1.08. The molecule has 0 amide bonds. The van der Waals surface area contributed by atoms with Gasteiger partial charge >= 0.3 is 5.97 Å². The minimum atomic E-state index is -1.03. The molecule has 7 heterocycles. The van der Waals surface area contributed by atoms with Crippen LogP contribution in [0.5, 0.6) is 0 Å². The third-order valence-electron chi connectivity index (χ3n) is 15.4. The fraction of sp³-hybridized carbons (Fsp3) is 0.776. The molecule has 2 unspecified atom stereocenters. The lowest BCUT2D eigenvalue weighted by molar-refractivity contribution is -0.318. The van der Waals surface area contributed by atoms with Gasteiger partial charge in [-0.15, -0.1) is 0 Å².